The fraction of sp³-hybridized carbons (Fsp3) is 0.562. The van der Waals surface area contributed by atoms with E-state index in [2.05, 4.69) is 34.7 Å². The second-order valence-corrected chi connectivity index (χ2v) is 4.66. The molecule has 0 heterocycles. The number of nitrogens with zero attached hydrogens (tertiary/aromatic N) is 1. The minimum Gasteiger partial charge on any atom is -0.381 e. The molecule has 0 aromatic heterocycles. The highest BCUT2D eigenvalue weighted by atomic mass is 127. The monoisotopic (exact) mass is 405 g/mol. The Labute approximate surface area is 145 Å². The van der Waals surface area contributed by atoms with Crippen LogP contribution < -0.4 is 10.6 Å². The predicted octanol–water partition coefficient (Wildman–Crippen LogP) is 3.18. The van der Waals surface area contributed by atoms with Gasteiger partial charge in [-0.3, -0.25) is 4.99 Å². The SMILES string of the molecule is CCCCOCCCNC(=NC)NCc1ccccc1.I. The number of rotatable bonds is 9. The molecule has 0 bridgehead atoms. The fourth-order valence-corrected chi connectivity index (χ4v) is 1.73. The number of guanidine groups is 1. The van der Waals surface area contributed by atoms with E-state index in [9.17, 15) is 0 Å². The minimum atomic E-state index is 0. The summed E-state index contributed by atoms with van der Waals surface area (Å²) in [6.45, 7) is 5.52. The van der Waals surface area contributed by atoms with Gasteiger partial charge in [-0.1, -0.05) is 43.7 Å². The number of hydrogen-bond acceptors (Lipinski definition) is 2. The molecule has 0 unspecified atom stereocenters. The van der Waals surface area contributed by atoms with Crippen LogP contribution in [0, 0.1) is 0 Å². The Hall–Kier alpha value is -0.820. The average Bonchev–Trinajstić information content (AvgIpc) is 2.50. The lowest BCUT2D eigenvalue weighted by Crippen LogP contribution is -2.37. The molecule has 1 aromatic rings. The lowest BCUT2D eigenvalue weighted by atomic mass is 10.2. The molecule has 1 rings (SSSR count). The molecule has 4 nitrogen and oxygen atoms in total. The first kappa shape index (κ1) is 20.2. The molecule has 0 saturated carbocycles. The van der Waals surface area contributed by atoms with Gasteiger partial charge in [0.15, 0.2) is 5.96 Å². The van der Waals surface area contributed by atoms with Crippen molar-refractivity contribution in [3.05, 3.63) is 35.9 Å². The number of ether oxygens (including phenoxy) is 1. The van der Waals surface area contributed by atoms with Crippen LogP contribution in [-0.2, 0) is 11.3 Å². The Bertz CT molecular complexity index is 371. The third-order valence-corrected chi connectivity index (χ3v) is 2.93. The van der Waals surface area contributed by atoms with Crippen molar-refractivity contribution >= 4 is 29.9 Å². The Morgan fingerprint density at radius 2 is 1.81 bits per heavy atom. The van der Waals surface area contributed by atoms with Crippen molar-refractivity contribution in [2.24, 2.45) is 4.99 Å². The molecule has 21 heavy (non-hydrogen) atoms. The van der Waals surface area contributed by atoms with E-state index in [1.165, 1.54) is 12.0 Å². The van der Waals surface area contributed by atoms with Crippen LogP contribution in [0.15, 0.2) is 35.3 Å². The van der Waals surface area contributed by atoms with Gasteiger partial charge in [-0.15, -0.1) is 24.0 Å². The number of aliphatic imine (C=N–C) groups is 1. The quantitative estimate of drug-likeness (QED) is 0.287. The van der Waals surface area contributed by atoms with E-state index in [-0.39, 0.29) is 24.0 Å². The minimum absolute atomic E-state index is 0. The summed E-state index contributed by atoms with van der Waals surface area (Å²) in [7, 11) is 1.79. The molecule has 0 aliphatic rings. The number of halogens is 1. The van der Waals surface area contributed by atoms with Crippen LogP contribution in [-0.4, -0.2) is 32.8 Å². The Morgan fingerprint density at radius 1 is 1.10 bits per heavy atom. The number of benzene rings is 1. The molecule has 0 aliphatic heterocycles. The standard InChI is InChI=1S/C16H27N3O.HI/c1-3-4-12-20-13-8-11-18-16(17-2)19-14-15-9-6-5-7-10-15;/h5-7,9-10H,3-4,8,11-14H2,1-2H3,(H2,17,18,19);1H. The molecule has 0 amide bonds. The van der Waals surface area contributed by atoms with Crippen LogP contribution in [0.1, 0.15) is 31.7 Å². The number of nitrogens with one attached hydrogen (secondary N) is 2. The number of unbranched alkanes of at least 4 members (excludes halogenated alkanes) is 1. The maximum atomic E-state index is 5.52. The lowest BCUT2D eigenvalue weighted by molar-refractivity contribution is 0.129. The van der Waals surface area contributed by atoms with Crippen LogP contribution in [0.4, 0.5) is 0 Å². The summed E-state index contributed by atoms with van der Waals surface area (Å²) in [5.41, 5.74) is 1.25. The fourth-order valence-electron chi connectivity index (χ4n) is 1.73. The molecule has 1 aromatic carbocycles. The molecule has 0 aliphatic carbocycles. The highest BCUT2D eigenvalue weighted by Crippen LogP contribution is 1.96. The van der Waals surface area contributed by atoms with Gasteiger partial charge in [-0.05, 0) is 18.4 Å². The van der Waals surface area contributed by atoms with Crippen LogP contribution in [0.5, 0.6) is 0 Å². The zero-order valence-corrected chi connectivity index (χ0v) is 15.4. The van der Waals surface area contributed by atoms with Crippen molar-refractivity contribution in [3.8, 4) is 0 Å². The van der Waals surface area contributed by atoms with Gasteiger partial charge in [0.05, 0.1) is 0 Å². The molecule has 5 heteroatoms. The van der Waals surface area contributed by atoms with Crippen molar-refractivity contribution in [2.75, 3.05) is 26.8 Å². The van der Waals surface area contributed by atoms with E-state index in [0.29, 0.717) is 0 Å². The first-order valence-electron chi connectivity index (χ1n) is 7.43. The summed E-state index contributed by atoms with van der Waals surface area (Å²) in [4.78, 5) is 4.20. The first-order chi connectivity index (χ1) is 9.86. The summed E-state index contributed by atoms with van der Waals surface area (Å²) in [5.74, 6) is 0.836. The van der Waals surface area contributed by atoms with Gasteiger partial charge in [-0.2, -0.15) is 0 Å². The molecule has 0 atom stereocenters. The molecule has 2 N–H and O–H groups in total. The second kappa shape index (κ2) is 14.1. The summed E-state index contributed by atoms with van der Waals surface area (Å²) in [5, 5.41) is 6.58. The molecule has 0 fully saturated rings. The van der Waals surface area contributed by atoms with E-state index >= 15 is 0 Å². The van der Waals surface area contributed by atoms with Gasteiger partial charge in [0.1, 0.15) is 0 Å². The molecule has 0 spiro atoms. The van der Waals surface area contributed by atoms with Crippen LogP contribution in [0.2, 0.25) is 0 Å². The van der Waals surface area contributed by atoms with Crippen molar-refractivity contribution in [1.29, 1.82) is 0 Å². The van der Waals surface area contributed by atoms with Crippen LogP contribution in [0.25, 0.3) is 0 Å². The smallest absolute Gasteiger partial charge is 0.191 e. The number of hydrogen-bond donors (Lipinski definition) is 2. The molecular weight excluding hydrogens is 377 g/mol. The zero-order valence-electron chi connectivity index (χ0n) is 13.1. The van der Waals surface area contributed by atoms with E-state index < -0.39 is 0 Å². The van der Waals surface area contributed by atoms with Gasteiger partial charge >= 0.3 is 0 Å². The predicted molar refractivity (Wildman–Crippen MR) is 100 cm³/mol. The largest absolute Gasteiger partial charge is 0.381 e. The Kier molecular flexibility index (Phi) is 13.6. The normalized spacial score (nSPS) is 10.9. The van der Waals surface area contributed by atoms with Crippen LogP contribution >= 0.6 is 24.0 Å². The highest BCUT2D eigenvalue weighted by molar-refractivity contribution is 14.0. The summed E-state index contributed by atoms with van der Waals surface area (Å²) >= 11 is 0. The van der Waals surface area contributed by atoms with Crippen molar-refractivity contribution < 1.29 is 4.74 Å². The van der Waals surface area contributed by atoms with E-state index in [4.69, 9.17) is 4.74 Å². The lowest BCUT2D eigenvalue weighted by Gasteiger charge is -2.12. The third kappa shape index (κ3) is 10.5. The Balaban J connectivity index is 0.00000400. The maximum absolute atomic E-state index is 5.52. The summed E-state index contributed by atoms with van der Waals surface area (Å²) in [6.07, 6.45) is 3.33. The zero-order chi connectivity index (χ0) is 14.5. The van der Waals surface area contributed by atoms with Crippen molar-refractivity contribution in [1.82, 2.24) is 10.6 Å². The molecule has 0 radical (unpaired) electrons. The topological polar surface area (TPSA) is 45.6 Å². The van der Waals surface area contributed by atoms with Gasteiger partial charge in [0.2, 0.25) is 0 Å². The third-order valence-electron chi connectivity index (χ3n) is 2.93. The molecule has 0 saturated heterocycles. The van der Waals surface area contributed by atoms with E-state index in [1.807, 2.05) is 18.2 Å². The van der Waals surface area contributed by atoms with Gasteiger partial charge < -0.3 is 15.4 Å². The summed E-state index contributed by atoms with van der Waals surface area (Å²) in [6, 6.07) is 10.3. The molecular formula is C16H28IN3O. The second-order valence-electron chi connectivity index (χ2n) is 4.66. The Morgan fingerprint density at radius 3 is 2.48 bits per heavy atom. The van der Waals surface area contributed by atoms with Crippen molar-refractivity contribution in [3.63, 3.8) is 0 Å². The van der Waals surface area contributed by atoms with E-state index in [0.717, 1.165) is 45.1 Å². The van der Waals surface area contributed by atoms with Gasteiger partial charge in [-0.25, -0.2) is 0 Å². The highest BCUT2D eigenvalue weighted by Gasteiger charge is 1.97. The maximum Gasteiger partial charge on any atom is 0.191 e. The van der Waals surface area contributed by atoms with Gasteiger partial charge in [0, 0.05) is 33.4 Å². The van der Waals surface area contributed by atoms with E-state index in [1.54, 1.807) is 7.05 Å². The first-order valence-corrected chi connectivity index (χ1v) is 7.43. The van der Waals surface area contributed by atoms with Crippen LogP contribution in [0.3, 0.4) is 0 Å². The summed E-state index contributed by atoms with van der Waals surface area (Å²) < 4.78 is 5.52. The van der Waals surface area contributed by atoms with Gasteiger partial charge in [0.25, 0.3) is 0 Å². The molecule has 120 valence electrons. The average molecular weight is 405 g/mol. The van der Waals surface area contributed by atoms with Crippen molar-refractivity contribution in [2.45, 2.75) is 32.7 Å².